The van der Waals surface area contributed by atoms with E-state index in [0.29, 0.717) is 19.6 Å². The minimum Gasteiger partial charge on any atom is -0.462 e. The monoisotopic (exact) mass is 231 g/mol. The van der Waals surface area contributed by atoms with Crippen LogP contribution in [-0.2, 0) is 14.3 Å². The SMILES string of the molecule is CC(C)(C)OCCOC(=O)[C@@H]1C[C@@H](O)CN1. The summed E-state index contributed by atoms with van der Waals surface area (Å²) in [6.45, 7) is 6.95. The Morgan fingerprint density at radius 2 is 2.12 bits per heavy atom. The molecule has 0 unspecified atom stereocenters. The average molecular weight is 231 g/mol. The van der Waals surface area contributed by atoms with Crippen molar-refractivity contribution in [3.8, 4) is 0 Å². The quantitative estimate of drug-likeness (QED) is 0.529. The Labute approximate surface area is 96.1 Å². The van der Waals surface area contributed by atoms with E-state index in [0.717, 1.165) is 0 Å². The van der Waals surface area contributed by atoms with Crippen molar-refractivity contribution in [3.05, 3.63) is 0 Å². The molecule has 0 aliphatic carbocycles. The number of hydrogen-bond donors (Lipinski definition) is 2. The molecule has 2 atom stereocenters. The second-order valence-corrected chi connectivity index (χ2v) is 4.98. The summed E-state index contributed by atoms with van der Waals surface area (Å²) >= 11 is 0. The minimum absolute atomic E-state index is 0.214. The largest absolute Gasteiger partial charge is 0.462 e. The number of esters is 1. The summed E-state index contributed by atoms with van der Waals surface area (Å²) in [5.74, 6) is -0.311. The molecule has 1 fully saturated rings. The number of ether oxygens (including phenoxy) is 2. The van der Waals surface area contributed by atoms with Gasteiger partial charge in [-0.25, -0.2) is 0 Å². The molecule has 1 rings (SSSR count). The zero-order valence-corrected chi connectivity index (χ0v) is 10.2. The van der Waals surface area contributed by atoms with Gasteiger partial charge in [0.1, 0.15) is 12.6 Å². The van der Waals surface area contributed by atoms with Crippen LogP contribution >= 0.6 is 0 Å². The van der Waals surface area contributed by atoms with Crippen molar-refractivity contribution in [3.63, 3.8) is 0 Å². The van der Waals surface area contributed by atoms with Crippen molar-refractivity contribution in [2.45, 2.75) is 44.9 Å². The Bertz CT molecular complexity index is 237. The van der Waals surface area contributed by atoms with Crippen LogP contribution in [0, 0.1) is 0 Å². The third-order valence-electron chi connectivity index (χ3n) is 2.25. The number of carbonyl (C=O) groups excluding carboxylic acids is 1. The van der Waals surface area contributed by atoms with Crippen LogP contribution in [0.15, 0.2) is 0 Å². The second kappa shape index (κ2) is 5.61. The number of aliphatic hydroxyl groups is 1. The molecule has 0 aromatic rings. The van der Waals surface area contributed by atoms with E-state index in [1.807, 2.05) is 20.8 Å². The van der Waals surface area contributed by atoms with Crippen LogP contribution in [0.4, 0.5) is 0 Å². The smallest absolute Gasteiger partial charge is 0.323 e. The van der Waals surface area contributed by atoms with Crippen LogP contribution in [0.1, 0.15) is 27.2 Å². The molecule has 5 nitrogen and oxygen atoms in total. The van der Waals surface area contributed by atoms with Gasteiger partial charge in [-0.1, -0.05) is 0 Å². The van der Waals surface area contributed by atoms with E-state index in [1.54, 1.807) is 0 Å². The first kappa shape index (κ1) is 13.4. The maximum absolute atomic E-state index is 11.5. The van der Waals surface area contributed by atoms with Gasteiger partial charge in [-0.2, -0.15) is 0 Å². The van der Waals surface area contributed by atoms with E-state index < -0.39 is 6.10 Å². The predicted molar refractivity (Wildman–Crippen MR) is 59.1 cm³/mol. The van der Waals surface area contributed by atoms with Crippen LogP contribution in [0.2, 0.25) is 0 Å². The molecule has 1 aliphatic rings. The summed E-state index contributed by atoms with van der Waals surface area (Å²) in [5.41, 5.74) is -0.214. The molecule has 16 heavy (non-hydrogen) atoms. The fraction of sp³-hybridized carbons (Fsp3) is 0.909. The molecule has 1 aliphatic heterocycles. The molecule has 0 saturated carbocycles. The molecule has 1 saturated heterocycles. The summed E-state index contributed by atoms with van der Waals surface area (Å²) in [6, 6.07) is -0.371. The highest BCUT2D eigenvalue weighted by molar-refractivity contribution is 5.76. The Hall–Kier alpha value is -0.650. The zero-order chi connectivity index (χ0) is 12.2. The maximum Gasteiger partial charge on any atom is 0.323 e. The lowest BCUT2D eigenvalue weighted by Gasteiger charge is -2.19. The van der Waals surface area contributed by atoms with Crippen molar-refractivity contribution in [1.29, 1.82) is 0 Å². The van der Waals surface area contributed by atoms with Gasteiger partial charge in [-0.3, -0.25) is 4.79 Å². The minimum atomic E-state index is -0.441. The van der Waals surface area contributed by atoms with Gasteiger partial charge in [-0.15, -0.1) is 0 Å². The molecule has 0 amide bonds. The van der Waals surface area contributed by atoms with Crippen LogP contribution < -0.4 is 5.32 Å². The van der Waals surface area contributed by atoms with Crippen molar-refractivity contribution >= 4 is 5.97 Å². The maximum atomic E-state index is 11.5. The fourth-order valence-electron chi connectivity index (χ4n) is 1.49. The molecular weight excluding hydrogens is 210 g/mol. The number of aliphatic hydroxyl groups excluding tert-OH is 1. The zero-order valence-electron chi connectivity index (χ0n) is 10.2. The van der Waals surface area contributed by atoms with E-state index in [2.05, 4.69) is 5.32 Å². The molecule has 2 N–H and O–H groups in total. The third-order valence-corrected chi connectivity index (χ3v) is 2.25. The molecule has 0 radical (unpaired) electrons. The molecule has 0 aromatic carbocycles. The highest BCUT2D eigenvalue weighted by atomic mass is 16.6. The Balaban J connectivity index is 2.11. The molecule has 0 bridgehead atoms. The summed E-state index contributed by atoms with van der Waals surface area (Å²) < 4.78 is 10.4. The average Bonchev–Trinajstić information content (AvgIpc) is 2.57. The van der Waals surface area contributed by atoms with Crippen molar-refractivity contribution in [1.82, 2.24) is 5.32 Å². The highest BCUT2D eigenvalue weighted by Gasteiger charge is 2.29. The van der Waals surface area contributed by atoms with Crippen molar-refractivity contribution in [2.75, 3.05) is 19.8 Å². The summed E-state index contributed by atoms with van der Waals surface area (Å²) in [7, 11) is 0. The first-order valence-corrected chi connectivity index (χ1v) is 5.60. The molecule has 5 heteroatoms. The van der Waals surface area contributed by atoms with Gasteiger partial charge in [0.2, 0.25) is 0 Å². The van der Waals surface area contributed by atoms with Gasteiger partial charge in [0.15, 0.2) is 0 Å². The standard InChI is InChI=1S/C11H21NO4/c1-11(2,3)16-5-4-15-10(14)9-6-8(13)7-12-9/h8-9,12-13H,4-7H2,1-3H3/t8-,9+/m1/s1. The van der Waals surface area contributed by atoms with Crippen molar-refractivity contribution < 1.29 is 19.4 Å². The highest BCUT2D eigenvalue weighted by Crippen LogP contribution is 2.08. The first-order valence-electron chi connectivity index (χ1n) is 5.60. The lowest BCUT2D eigenvalue weighted by atomic mass is 10.2. The Morgan fingerprint density at radius 1 is 1.44 bits per heavy atom. The molecular formula is C11H21NO4. The number of hydrogen-bond acceptors (Lipinski definition) is 5. The summed E-state index contributed by atoms with van der Waals surface area (Å²) in [6.07, 6.45) is -0.0118. The van der Waals surface area contributed by atoms with Gasteiger partial charge in [0.25, 0.3) is 0 Å². The van der Waals surface area contributed by atoms with E-state index in [4.69, 9.17) is 9.47 Å². The fourth-order valence-corrected chi connectivity index (χ4v) is 1.49. The summed E-state index contributed by atoms with van der Waals surface area (Å²) in [5, 5.41) is 12.1. The first-order chi connectivity index (χ1) is 7.38. The molecule has 94 valence electrons. The van der Waals surface area contributed by atoms with E-state index >= 15 is 0 Å². The van der Waals surface area contributed by atoms with Crippen molar-refractivity contribution in [2.24, 2.45) is 0 Å². The third kappa shape index (κ3) is 4.92. The number of rotatable bonds is 4. The van der Waals surface area contributed by atoms with Gasteiger partial charge in [-0.05, 0) is 20.8 Å². The van der Waals surface area contributed by atoms with Gasteiger partial charge in [0.05, 0.1) is 18.3 Å². The predicted octanol–water partition coefficient (Wildman–Crippen LogP) is 0.0675. The number of nitrogens with one attached hydrogen (secondary N) is 1. The molecule has 0 spiro atoms. The van der Waals surface area contributed by atoms with Crippen LogP contribution in [0.5, 0.6) is 0 Å². The number of β-amino-alcohol motifs (C(OH)–C–C–N with tert-alkyl or cyclic N) is 1. The normalized spacial score (nSPS) is 25.8. The number of carbonyl (C=O) groups is 1. The lowest BCUT2D eigenvalue weighted by molar-refractivity contribution is -0.149. The molecule has 0 aromatic heterocycles. The van der Waals surface area contributed by atoms with Crippen LogP contribution in [0.3, 0.4) is 0 Å². The van der Waals surface area contributed by atoms with Gasteiger partial charge in [0, 0.05) is 13.0 Å². The van der Waals surface area contributed by atoms with Gasteiger partial charge < -0.3 is 19.9 Å². The van der Waals surface area contributed by atoms with Gasteiger partial charge >= 0.3 is 5.97 Å². The summed E-state index contributed by atoms with van der Waals surface area (Å²) in [4.78, 5) is 11.5. The molecule has 1 heterocycles. The second-order valence-electron chi connectivity index (χ2n) is 4.98. The van der Waals surface area contributed by atoms with E-state index in [9.17, 15) is 9.90 Å². The van der Waals surface area contributed by atoms with E-state index in [-0.39, 0.29) is 24.2 Å². The Kier molecular flexibility index (Phi) is 4.70. The van der Waals surface area contributed by atoms with E-state index in [1.165, 1.54) is 0 Å². The lowest BCUT2D eigenvalue weighted by Crippen LogP contribution is -2.33. The Morgan fingerprint density at radius 3 is 2.62 bits per heavy atom. The van der Waals surface area contributed by atoms with Crippen LogP contribution in [0.25, 0.3) is 0 Å². The topological polar surface area (TPSA) is 67.8 Å². The van der Waals surface area contributed by atoms with Crippen LogP contribution in [-0.4, -0.2) is 48.6 Å².